The third-order valence-corrected chi connectivity index (χ3v) is 3.25. The maximum atomic E-state index is 5.99. The summed E-state index contributed by atoms with van der Waals surface area (Å²) in [5.41, 5.74) is 8.94. The van der Waals surface area contributed by atoms with Crippen LogP contribution in [0.25, 0.3) is 0 Å². The highest BCUT2D eigenvalue weighted by molar-refractivity contribution is 5.30. The highest BCUT2D eigenvalue weighted by atomic mass is 14.6. The van der Waals surface area contributed by atoms with E-state index in [0.29, 0.717) is 11.3 Å². The van der Waals surface area contributed by atoms with Crippen molar-refractivity contribution in [2.24, 2.45) is 22.5 Å². The fourth-order valence-electron chi connectivity index (χ4n) is 1.92. The van der Waals surface area contributed by atoms with Gasteiger partial charge in [-0.05, 0) is 29.2 Å². The Morgan fingerprint density at radius 1 is 1.13 bits per heavy atom. The molecule has 1 unspecified atom stereocenters. The summed E-state index contributed by atoms with van der Waals surface area (Å²) >= 11 is 0. The molecular weight excluding hydrogens is 182 g/mol. The highest BCUT2D eigenvalue weighted by Crippen LogP contribution is 2.41. The van der Waals surface area contributed by atoms with Crippen LogP contribution in [0, 0.1) is 16.7 Å². The number of hydrogen-bond acceptors (Lipinski definition) is 1. The van der Waals surface area contributed by atoms with E-state index in [2.05, 4.69) is 53.7 Å². The first kappa shape index (κ1) is 12.4. The molecule has 0 amide bonds. The number of nitrogens with two attached hydrogens (primary N) is 1. The summed E-state index contributed by atoms with van der Waals surface area (Å²) in [5, 5.41) is 0. The monoisotopic (exact) mass is 207 g/mol. The lowest BCUT2D eigenvalue weighted by atomic mass is 9.70. The molecule has 0 spiro atoms. The van der Waals surface area contributed by atoms with Gasteiger partial charge in [-0.2, -0.15) is 0 Å². The molecule has 0 heterocycles. The Labute approximate surface area is 94.4 Å². The Hall–Kier alpha value is -0.720. The second-order valence-corrected chi connectivity index (χ2v) is 6.76. The minimum Gasteiger partial charge on any atom is -0.399 e. The van der Waals surface area contributed by atoms with Crippen molar-refractivity contribution in [3.8, 4) is 0 Å². The Balaban J connectivity index is 2.96. The standard InChI is InChI=1S/C14H25N/c1-13(2,3)10-7-11(14(4,5)6)9-12(15)8-10/h8-10H,7,15H2,1-6H3. The van der Waals surface area contributed by atoms with Gasteiger partial charge < -0.3 is 5.73 Å². The highest BCUT2D eigenvalue weighted by Gasteiger charge is 2.29. The summed E-state index contributed by atoms with van der Waals surface area (Å²) < 4.78 is 0. The van der Waals surface area contributed by atoms with Crippen LogP contribution in [-0.4, -0.2) is 0 Å². The molecule has 1 aliphatic carbocycles. The molecule has 0 aromatic rings. The summed E-state index contributed by atoms with van der Waals surface area (Å²) in [6.07, 6.45) is 5.52. The topological polar surface area (TPSA) is 26.0 Å². The van der Waals surface area contributed by atoms with Gasteiger partial charge in [0.25, 0.3) is 0 Å². The van der Waals surface area contributed by atoms with E-state index in [1.165, 1.54) is 5.57 Å². The van der Waals surface area contributed by atoms with E-state index in [9.17, 15) is 0 Å². The molecule has 0 bridgehead atoms. The van der Waals surface area contributed by atoms with Crippen molar-refractivity contribution in [2.45, 2.75) is 48.0 Å². The van der Waals surface area contributed by atoms with E-state index >= 15 is 0 Å². The van der Waals surface area contributed by atoms with Crippen molar-refractivity contribution < 1.29 is 0 Å². The van der Waals surface area contributed by atoms with Gasteiger partial charge in [-0.15, -0.1) is 0 Å². The smallest absolute Gasteiger partial charge is 0.0276 e. The molecule has 0 saturated carbocycles. The number of rotatable bonds is 0. The van der Waals surface area contributed by atoms with E-state index in [-0.39, 0.29) is 5.41 Å². The molecule has 1 nitrogen and oxygen atoms in total. The van der Waals surface area contributed by atoms with E-state index in [4.69, 9.17) is 5.73 Å². The fourth-order valence-corrected chi connectivity index (χ4v) is 1.92. The lowest BCUT2D eigenvalue weighted by Gasteiger charge is -2.35. The molecular formula is C14H25N. The molecule has 0 aliphatic heterocycles. The van der Waals surface area contributed by atoms with Crippen molar-refractivity contribution in [2.75, 3.05) is 0 Å². The van der Waals surface area contributed by atoms with Crippen molar-refractivity contribution in [1.29, 1.82) is 0 Å². The van der Waals surface area contributed by atoms with Crippen LogP contribution in [0.15, 0.2) is 23.4 Å². The zero-order chi connectivity index (χ0) is 11.9. The van der Waals surface area contributed by atoms with Crippen LogP contribution >= 0.6 is 0 Å². The van der Waals surface area contributed by atoms with Crippen LogP contribution in [0.5, 0.6) is 0 Å². The van der Waals surface area contributed by atoms with E-state index in [1.54, 1.807) is 0 Å². The molecule has 1 atom stereocenters. The average Bonchev–Trinajstić information content (AvgIpc) is 1.99. The van der Waals surface area contributed by atoms with Gasteiger partial charge in [0.2, 0.25) is 0 Å². The first-order valence-electron chi connectivity index (χ1n) is 5.79. The molecule has 0 aromatic heterocycles. The Kier molecular flexibility index (Phi) is 3.04. The normalized spacial score (nSPS) is 23.5. The van der Waals surface area contributed by atoms with Crippen LogP contribution in [0.3, 0.4) is 0 Å². The Bertz CT molecular complexity index is 294. The van der Waals surface area contributed by atoms with Crippen molar-refractivity contribution in [3.05, 3.63) is 23.4 Å². The van der Waals surface area contributed by atoms with Crippen LogP contribution in [-0.2, 0) is 0 Å². The van der Waals surface area contributed by atoms with E-state index < -0.39 is 0 Å². The van der Waals surface area contributed by atoms with Gasteiger partial charge >= 0.3 is 0 Å². The van der Waals surface area contributed by atoms with Gasteiger partial charge in [-0.1, -0.05) is 53.2 Å². The van der Waals surface area contributed by atoms with Crippen molar-refractivity contribution in [3.63, 3.8) is 0 Å². The minimum atomic E-state index is 0.238. The second kappa shape index (κ2) is 3.70. The predicted molar refractivity (Wildman–Crippen MR) is 67.4 cm³/mol. The van der Waals surface area contributed by atoms with Gasteiger partial charge in [0.1, 0.15) is 0 Å². The first-order chi connectivity index (χ1) is 6.60. The third kappa shape index (κ3) is 3.12. The Morgan fingerprint density at radius 3 is 2.07 bits per heavy atom. The number of allylic oxidation sites excluding steroid dienone is 3. The molecule has 86 valence electrons. The summed E-state index contributed by atoms with van der Waals surface area (Å²) in [6, 6.07) is 0. The van der Waals surface area contributed by atoms with Gasteiger partial charge in [-0.25, -0.2) is 0 Å². The van der Waals surface area contributed by atoms with Gasteiger partial charge in [0.15, 0.2) is 0 Å². The summed E-state index contributed by atoms with van der Waals surface area (Å²) in [6.45, 7) is 13.6. The minimum absolute atomic E-state index is 0.238. The van der Waals surface area contributed by atoms with Crippen LogP contribution < -0.4 is 5.73 Å². The van der Waals surface area contributed by atoms with Gasteiger partial charge in [-0.3, -0.25) is 0 Å². The van der Waals surface area contributed by atoms with Gasteiger partial charge in [0, 0.05) is 5.70 Å². The van der Waals surface area contributed by atoms with Crippen LogP contribution in [0.4, 0.5) is 0 Å². The van der Waals surface area contributed by atoms with E-state index in [0.717, 1.165) is 12.1 Å². The lowest BCUT2D eigenvalue weighted by molar-refractivity contribution is 0.274. The third-order valence-electron chi connectivity index (χ3n) is 3.25. The maximum Gasteiger partial charge on any atom is 0.0276 e. The molecule has 1 aliphatic rings. The van der Waals surface area contributed by atoms with Crippen molar-refractivity contribution in [1.82, 2.24) is 0 Å². The average molecular weight is 207 g/mol. The summed E-state index contributed by atoms with van der Waals surface area (Å²) in [5.74, 6) is 0.566. The maximum absolute atomic E-state index is 5.99. The largest absolute Gasteiger partial charge is 0.399 e. The summed E-state index contributed by atoms with van der Waals surface area (Å²) in [4.78, 5) is 0. The molecule has 0 aromatic carbocycles. The second-order valence-electron chi connectivity index (χ2n) is 6.76. The molecule has 2 N–H and O–H groups in total. The number of hydrogen-bond donors (Lipinski definition) is 1. The quantitative estimate of drug-likeness (QED) is 0.641. The first-order valence-corrected chi connectivity index (χ1v) is 5.79. The predicted octanol–water partition coefficient (Wildman–Crippen LogP) is 3.87. The zero-order valence-corrected chi connectivity index (χ0v) is 11.0. The molecule has 1 heteroatoms. The molecule has 15 heavy (non-hydrogen) atoms. The Morgan fingerprint density at radius 2 is 1.67 bits per heavy atom. The SMILES string of the molecule is CC(C)(C)C1=CC(N)=CC(C(C)(C)C)C1. The molecule has 0 radical (unpaired) electrons. The lowest BCUT2D eigenvalue weighted by Crippen LogP contribution is -2.26. The van der Waals surface area contributed by atoms with Crippen LogP contribution in [0.2, 0.25) is 0 Å². The fraction of sp³-hybridized carbons (Fsp3) is 0.714. The zero-order valence-electron chi connectivity index (χ0n) is 11.0. The van der Waals surface area contributed by atoms with Crippen molar-refractivity contribution >= 4 is 0 Å². The molecule has 0 fully saturated rings. The summed E-state index contributed by atoms with van der Waals surface area (Å²) in [7, 11) is 0. The van der Waals surface area contributed by atoms with Gasteiger partial charge in [0.05, 0.1) is 0 Å². The molecule has 0 saturated heterocycles. The van der Waals surface area contributed by atoms with E-state index in [1.807, 2.05) is 0 Å². The van der Waals surface area contributed by atoms with Crippen LogP contribution in [0.1, 0.15) is 48.0 Å². The molecule has 1 rings (SSSR count).